The molecule has 22 heavy (non-hydrogen) atoms. The molecule has 0 aromatic heterocycles. The Hall–Kier alpha value is -0.0900. The van der Waals surface area contributed by atoms with Crippen molar-refractivity contribution < 1.29 is 8.42 Å². The quantitative estimate of drug-likeness (QED) is 0.286. The van der Waals surface area contributed by atoms with E-state index in [0.717, 1.165) is 19.1 Å². The Morgan fingerprint density at radius 1 is 1.23 bits per heavy atom. The Morgan fingerprint density at radius 3 is 2.23 bits per heavy atom. The normalized spacial score (nSPS) is 14.6. The molecule has 8 heteroatoms. The molecule has 1 atom stereocenters. The number of nitrogens with zero attached hydrogens (tertiary/aromatic N) is 1. The Morgan fingerprint density at radius 2 is 1.77 bits per heavy atom. The van der Waals surface area contributed by atoms with Gasteiger partial charge in [0.15, 0.2) is 5.96 Å². The van der Waals surface area contributed by atoms with Gasteiger partial charge in [-0.2, -0.15) is 0 Å². The smallest absolute Gasteiger partial charge is 0.209 e. The Kier molecular flexibility index (Phi) is 11.7. The van der Waals surface area contributed by atoms with Crippen molar-refractivity contribution in [3.63, 3.8) is 0 Å². The summed E-state index contributed by atoms with van der Waals surface area (Å²) >= 11 is 0. The van der Waals surface area contributed by atoms with E-state index in [9.17, 15) is 8.42 Å². The molecule has 0 saturated heterocycles. The summed E-state index contributed by atoms with van der Waals surface area (Å²) < 4.78 is 25.0. The second-order valence-corrected chi connectivity index (χ2v) is 8.58. The first-order valence-electron chi connectivity index (χ1n) is 7.46. The number of nitrogens with two attached hydrogens (primary N) is 1. The number of aliphatic imine (C=N–C) groups is 1. The van der Waals surface area contributed by atoms with E-state index < -0.39 is 15.6 Å². The molecule has 0 aliphatic heterocycles. The molecular weight excluding hydrogens is 415 g/mol. The van der Waals surface area contributed by atoms with E-state index >= 15 is 0 Å². The van der Waals surface area contributed by atoms with E-state index in [0.29, 0.717) is 11.9 Å². The van der Waals surface area contributed by atoms with E-state index in [4.69, 9.17) is 5.73 Å². The molecule has 0 amide bonds. The fraction of sp³-hybridized carbons (Fsp3) is 0.929. The summed E-state index contributed by atoms with van der Waals surface area (Å²) in [5, 5.41) is 3.14. The number of halogens is 1. The van der Waals surface area contributed by atoms with E-state index in [2.05, 4.69) is 35.8 Å². The Bertz CT molecular complexity index is 436. The zero-order valence-electron chi connectivity index (χ0n) is 14.6. The van der Waals surface area contributed by atoms with Crippen molar-refractivity contribution in [1.82, 2.24) is 10.0 Å². The molecule has 0 heterocycles. The van der Waals surface area contributed by atoms with Crippen molar-refractivity contribution in [2.24, 2.45) is 16.6 Å². The lowest BCUT2D eigenvalue weighted by atomic mass is 10.0. The van der Waals surface area contributed by atoms with Crippen molar-refractivity contribution in [3.05, 3.63) is 0 Å². The molecule has 6 nitrogen and oxygen atoms in total. The highest BCUT2D eigenvalue weighted by atomic mass is 127. The molecule has 134 valence electrons. The molecule has 0 aliphatic rings. The Labute approximate surface area is 153 Å². The van der Waals surface area contributed by atoms with Crippen LogP contribution in [0.2, 0.25) is 0 Å². The number of hydrogen-bond acceptors (Lipinski definition) is 3. The summed E-state index contributed by atoms with van der Waals surface area (Å²) in [6.45, 7) is 10.3. The monoisotopic (exact) mass is 448 g/mol. The van der Waals surface area contributed by atoms with Crippen LogP contribution in [-0.2, 0) is 10.0 Å². The lowest BCUT2D eigenvalue weighted by molar-refractivity contribution is 0.463. The topological polar surface area (TPSA) is 96.6 Å². The average molecular weight is 448 g/mol. The fourth-order valence-electron chi connectivity index (χ4n) is 2.02. The van der Waals surface area contributed by atoms with Crippen LogP contribution < -0.4 is 15.8 Å². The van der Waals surface area contributed by atoms with E-state index in [1.165, 1.54) is 6.42 Å². The molecule has 0 bridgehead atoms. The highest BCUT2D eigenvalue weighted by molar-refractivity contribution is 14.0. The van der Waals surface area contributed by atoms with Gasteiger partial charge in [0.2, 0.25) is 10.0 Å². The van der Waals surface area contributed by atoms with Crippen LogP contribution in [0.3, 0.4) is 0 Å². The van der Waals surface area contributed by atoms with Gasteiger partial charge in [0.25, 0.3) is 0 Å². The van der Waals surface area contributed by atoms with E-state index in [1.54, 1.807) is 13.8 Å². The van der Waals surface area contributed by atoms with Gasteiger partial charge in [-0.05, 0) is 33.1 Å². The van der Waals surface area contributed by atoms with Gasteiger partial charge in [-0.15, -0.1) is 24.0 Å². The lowest BCUT2D eigenvalue weighted by Gasteiger charge is -2.23. The number of rotatable bonds is 9. The van der Waals surface area contributed by atoms with Crippen molar-refractivity contribution >= 4 is 40.0 Å². The van der Waals surface area contributed by atoms with E-state index in [1.807, 2.05) is 0 Å². The van der Waals surface area contributed by atoms with Crippen LogP contribution in [0, 0.1) is 5.92 Å². The van der Waals surface area contributed by atoms with Gasteiger partial charge in [0.05, 0.1) is 12.8 Å². The van der Waals surface area contributed by atoms with Gasteiger partial charge < -0.3 is 11.1 Å². The SMILES string of the molecule is CC(C)CCCC(C)NC(N)=NCC(C)(C)NS(C)(=O)=O.I. The molecule has 0 rings (SSSR count). The van der Waals surface area contributed by atoms with Crippen molar-refractivity contribution in [3.8, 4) is 0 Å². The minimum atomic E-state index is -3.25. The molecule has 0 aromatic carbocycles. The highest BCUT2D eigenvalue weighted by Crippen LogP contribution is 2.08. The van der Waals surface area contributed by atoms with E-state index in [-0.39, 0.29) is 36.6 Å². The molecule has 1 unspecified atom stereocenters. The number of nitrogens with one attached hydrogen (secondary N) is 2. The summed E-state index contributed by atoms with van der Waals surface area (Å²) in [5.41, 5.74) is 5.19. The molecule has 0 spiro atoms. The minimum Gasteiger partial charge on any atom is -0.370 e. The van der Waals surface area contributed by atoms with Crippen LogP contribution in [0.1, 0.15) is 53.9 Å². The van der Waals surface area contributed by atoms with Gasteiger partial charge in [-0.25, -0.2) is 13.1 Å². The summed E-state index contributed by atoms with van der Waals surface area (Å²) in [7, 11) is -3.25. The van der Waals surface area contributed by atoms with Gasteiger partial charge in [0.1, 0.15) is 0 Å². The number of guanidine groups is 1. The summed E-state index contributed by atoms with van der Waals surface area (Å²) in [4.78, 5) is 4.22. The number of hydrogen-bond donors (Lipinski definition) is 3. The third kappa shape index (κ3) is 14.8. The number of sulfonamides is 1. The van der Waals surface area contributed by atoms with Crippen LogP contribution in [0.25, 0.3) is 0 Å². The predicted octanol–water partition coefficient (Wildman–Crippen LogP) is 2.05. The fourth-order valence-corrected chi connectivity index (χ4v) is 3.09. The average Bonchev–Trinajstić information content (AvgIpc) is 2.22. The molecule has 0 fully saturated rings. The Balaban J connectivity index is 0. The van der Waals surface area contributed by atoms with Crippen LogP contribution in [0.4, 0.5) is 0 Å². The molecule has 0 aliphatic carbocycles. The van der Waals surface area contributed by atoms with Gasteiger partial charge >= 0.3 is 0 Å². The molecule has 0 saturated carbocycles. The van der Waals surface area contributed by atoms with Crippen molar-refractivity contribution in [1.29, 1.82) is 0 Å². The maximum atomic E-state index is 11.2. The molecular formula is C14H33IN4O2S. The van der Waals surface area contributed by atoms with Gasteiger partial charge in [-0.1, -0.05) is 26.7 Å². The largest absolute Gasteiger partial charge is 0.370 e. The summed E-state index contributed by atoms with van der Waals surface area (Å²) in [6, 6.07) is 0.262. The molecule has 4 N–H and O–H groups in total. The first kappa shape index (κ1) is 24.2. The molecule has 0 aromatic rings. The van der Waals surface area contributed by atoms with Gasteiger partial charge in [0, 0.05) is 11.6 Å². The minimum absolute atomic E-state index is 0. The first-order chi connectivity index (χ1) is 9.41. The maximum Gasteiger partial charge on any atom is 0.209 e. The van der Waals surface area contributed by atoms with Crippen LogP contribution in [0.15, 0.2) is 4.99 Å². The predicted molar refractivity (Wildman–Crippen MR) is 105 cm³/mol. The molecule has 0 radical (unpaired) electrons. The highest BCUT2D eigenvalue weighted by Gasteiger charge is 2.21. The summed E-state index contributed by atoms with van der Waals surface area (Å²) in [6.07, 6.45) is 4.53. The zero-order chi connectivity index (χ0) is 16.7. The van der Waals surface area contributed by atoms with Crippen molar-refractivity contribution in [2.75, 3.05) is 12.8 Å². The first-order valence-corrected chi connectivity index (χ1v) is 9.36. The zero-order valence-corrected chi connectivity index (χ0v) is 17.8. The second-order valence-electron chi connectivity index (χ2n) is 6.83. The van der Waals surface area contributed by atoms with Crippen LogP contribution in [-0.4, -0.2) is 38.8 Å². The van der Waals surface area contributed by atoms with Crippen molar-refractivity contribution in [2.45, 2.75) is 65.5 Å². The standard InChI is InChI=1S/C14H32N4O2S.HI/c1-11(2)8-7-9-12(3)17-13(15)16-10-14(4,5)18-21(6,19)20;/h11-12,18H,7-10H2,1-6H3,(H3,15,16,17);1H. The second kappa shape index (κ2) is 10.6. The maximum absolute atomic E-state index is 11.2. The van der Waals surface area contributed by atoms with Crippen LogP contribution >= 0.6 is 24.0 Å². The van der Waals surface area contributed by atoms with Gasteiger partial charge in [-0.3, -0.25) is 4.99 Å². The third-order valence-electron chi connectivity index (χ3n) is 2.92. The summed E-state index contributed by atoms with van der Waals surface area (Å²) in [5.74, 6) is 1.07. The lowest BCUT2D eigenvalue weighted by Crippen LogP contribution is -2.46. The van der Waals surface area contributed by atoms with Crippen LogP contribution in [0.5, 0.6) is 0 Å². The third-order valence-corrected chi connectivity index (χ3v) is 3.84.